The van der Waals surface area contributed by atoms with Crippen molar-refractivity contribution in [2.24, 2.45) is 17.6 Å². The molecular formula is C14H25IN3O3-. The fraction of sp³-hybridized carbons (Fsp3) is 0.929. The van der Waals surface area contributed by atoms with Gasteiger partial charge in [0.25, 0.3) is 0 Å². The molecule has 5 atom stereocenters. The van der Waals surface area contributed by atoms with Gasteiger partial charge >= 0.3 is 0 Å². The monoisotopic (exact) mass is 410 g/mol. The van der Waals surface area contributed by atoms with Crippen molar-refractivity contribution in [3.63, 3.8) is 0 Å². The number of piperidine rings is 1. The first-order chi connectivity index (χ1) is 9.88. The number of alkyl halides is 1. The zero-order chi connectivity index (χ0) is 15.6. The van der Waals surface area contributed by atoms with E-state index in [1.165, 1.54) is 0 Å². The number of likely N-dealkylation sites (tertiary alicyclic amines) is 1. The standard InChI is InChI=1S/C14H25IN3O3/c1-9-2-5-14(16)17(7-9)8-13(19)10-3-4-11(15)12(6-10)18(20)21/h9-12,14,20H,2-8,16H2,1H3/q-1. The first-order valence-electron chi connectivity index (χ1n) is 7.70. The summed E-state index contributed by atoms with van der Waals surface area (Å²) in [7, 11) is 0. The molecule has 6 nitrogen and oxygen atoms in total. The van der Waals surface area contributed by atoms with E-state index in [1.807, 2.05) is 0 Å². The molecule has 2 rings (SSSR count). The number of hydrogen-bond donors (Lipinski definition) is 2. The molecule has 1 saturated carbocycles. The predicted octanol–water partition coefficient (Wildman–Crippen LogP) is 1.73. The van der Waals surface area contributed by atoms with Gasteiger partial charge in [0, 0.05) is 22.4 Å². The van der Waals surface area contributed by atoms with Gasteiger partial charge in [-0.15, -0.1) is 0 Å². The van der Waals surface area contributed by atoms with E-state index in [2.05, 4.69) is 34.4 Å². The van der Waals surface area contributed by atoms with E-state index in [9.17, 15) is 15.2 Å². The third kappa shape index (κ3) is 4.59. The Morgan fingerprint density at radius 3 is 2.81 bits per heavy atom. The summed E-state index contributed by atoms with van der Waals surface area (Å²) in [6, 6.07) is -0.470. The van der Waals surface area contributed by atoms with E-state index in [0.29, 0.717) is 18.9 Å². The molecule has 0 aromatic rings. The molecule has 0 amide bonds. The number of nitrogens with two attached hydrogens (primary N) is 1. The maximum absolute atomic E-state index is 12.5. The Morgan fingerprint density at radius 2 is 2.14 bits per heavy atom. The van der Waals surface area contributed by atoms with E-state index >= 15 is 0 Å². The molecule has 5 unspecified atom stereocenters. The van der Waals surface area contributed by atoms with Gasteiger partial charge in [-0.05, 0) is 38.0 Å². The molecule has 2 aliphatic rings. The second-order valence-corrected chi connectivity index (χ2v) is 8.14. The van der Waals surface area contributed by atoms with Crippen LogP contribution in [0.4, 0.5) is 0 Å². The lowest BCUT2D eigenvalue weighted by molar-refractivity contribution is -0.130. The van der Waals surface area contributed by atoms with Crippen LogP contribution in [0.3, 0.4) is 0 Å². The average Bonchev–Trinajstić information content (AvgIpc) is 2.43. The Bertz CT molecular complexity index is 369. The van der Waals surface area contributed by atoms with Gasteiger partial charge in [0.15, 0.2) is 0 Å². The molecule has 0 spiro atoms. The number of hydroxylamine groups is 2. The zero-order valence-corrected chi connectivity index (χ0v) is 14.6. The normalized spacial score (nSPS) is 38.7. The maximum atomic E-state index is 12.5. The highest BCUT2D eigenvalue weighted by Gasteiger charge is 2.34. The number of nitrogens with zero attached hydrogens (tertiary/aromatic N) is 2. The van der Waals surface area contributed by atoms with Crippen LogP contribution in [0.1, 0.15) is 39.0 Å². The molecule has 21 heavy (non-hydrogen) atoms. The Morgan fingerprint density at radius 1 is 1.43 bits per heavy atom. The van der Waals surface area contributed by atoms with Crippen molar-refractivity contribution in [1.29, 1.82) is 0 Å². The molecule has 0 aromatic heterocycles. The summed E-state index contributed by atoms with van der Waals surface area (Å²) in [5, 5.41) is 20.4. The van der Waals surface area contributed by atoms with Gasteiger partial charge in [0.05, 0.1) is 12.7 Å². The van der Waals surface area contributed by atoms with Crippen molar-refractivity contribution in [2.45, 2.75) is 55.2 Å². The lowest BCUT2D eigenvalue weighted by Crippen LogP contribution is -2.51. The number of carbonyl (C=O) groups excluding carboxylic acids is 1. The summed E-state index contributed by atoms with van der Waals surface area (Å²) < 4.78 is 0.103. The minimum Gasteiger partial charge on any atom is -0.762 e. The molecule has 1 aliphatic heterocycles. The summed E-state index contributed by atoms with van der Waals surface area (Å²) >= 11 is 2.19. The highest BCUT2D eigenvalue weighted by molar-refractivity contribution is 14.1. The van der Waals surface area contributed by atoms with Gasteiger partial charge in [0.1, 0.15) is 5.78 Å². The minimum absolute atomic E-state index is 0.0318. The van der Waals surface area contributed by atoms with Gasteiger partial charge in [-0.25, -0.2) is 0 Å². The lowest BCUT2D eigenvalue weighted by Gasteiger charge is -2.41. The van der Waals surface area contributed by atoms with Gasteiger partial charge in [-0.1, -0.05) is 29.5 Å². The number of halogens is 1. The number of hydrogen-bond acceptors (Lipinski definition) is 6. The molecule has 3 N–H and O–H groups in total. The van der Waals surface area contributed by atoms with Crippen LogP contribution in [-0.2, 0) is 4.79 Å². The van der Waals surface area contributed by atoms with Crippen LogP contribution < -0.4 is 5.73 Å². The number of rotatable bonds is 4. The van der Waals surface area contributed by atoms with Crippen LogP contribution in [-0.4, -0.2) is 50.3 Å². The molecule has 1 saturated heterocycles. The maximum Gasteiger partial charge on any atom is 0.150 e. The second kappa shape index (κ2) is 7.65. The summed E-state index contributed by atoms with van der Waals surface area (Å²) in [4.78, 5) is 14.6. The van der Waals surface area contributed by atoms with Crippen molar-refractivity contribution in [2.75, 3.05) is 13.1 Å². The summed E-state index contributed by atoms with van der Waals surface area (Å²) in [6.07, 6.45) is 4.06. The number of Topliss-reactive ketones (excluding diaryl/α,β-unsaturated/α-hetero) is 1. The topological polar surface area (TPSA) is 92.9 Å². The average molecular weight is 410 g/mol. The van der Waals surface area contributed by atoms with Crippen LogP contribution in [0.5, 0.6) is 0 Å². The lowest BCUT2D eigenvalue weighted by atomic mass is 9.83. The Balaban J connectivity index is 1.90. The van der Waals surface area contributed by atoms with Crippen molar-refractivity contribution in [1.82, 2.24) is 10.1 Å². The van der Waals surface area contributed by atoms with Crippen LogP contribution in [0.15, 0.2) is 0 Å². The van der Waals surface area contributed by atoms with Crippen molar-refractivity contribution in [3.8, 4) is 0 Å². The van der Waals surface area contributed by atoms with Gasteiger partial charge in [0.2, 0.25) is 0 Å². The largest absolute Gasteiger partial charge is 0.762 e. The van der Waals surface area contributed by atoms with Gasteiger partial charge in [-0.2, -0.15) is 0 Å². The predicted molar refractivity (Wildman–Crippen MR) is 88.9 cm³/mol. The molecule has 0 radical (unpaired) electrons. The third-order valence-electron chi connectivity index (χ3n) is 4.80. The van der Waals surface area contributed by atoms with E-state index in [0.717, 1.165) is 32.2 Å². The Kier molecular flexibility index (Phi) is 6.39. The summed E-state index contributed by atoms with van der Waals surface area (Å²) in [5.41, 5.74) is 6.09. The van der Waals surface area contributed by atoms with Crippen molar-refractivity contribution < 1.29 is 10.0 Å². The van der Waals surface area contributed by atoms with Gasteiger partial charge in [-0.3, -0.25) is 14.9 Å². The zero-order valence-electron chi connectivity index (χ0n) is 12.4. The molecule has 2 fully saturated rings. The number of ketones is 1. The van der Waals surface area contributed by atoms with E-state index in [1.54, 1.807) is 0 Å². The third-order valence-corrected chi connectivity index (χ3v) is 6.26. The number of carbonyl (C=O) groups is 1. The van der Waals surface area contributed by atoms with E-state index in [-0.39, 0.29) is 27.0 Å². The molecular weight excluding hydrogens is 385 g/mol. The van der Waals surface area contributed by atoms with Crippen molar-refractivity contribution in [3.05, 3.63) is 5.21 Å². The fourth-order valence-corrected chi connectivity index (χ4v) is 4.34. The second-order valence-electron chi connectivity index (χ2n) is 6.54. The highest BCUT2D eigenvalue weighted by Crippen LogP contribution is 2.33. The fourth-order valence-electron chi connectivity index (χ4n) is 3.41. The van der Waals surface area contributed by atoms with Crippen LogP contribution in [0.2, 0.25) is 0 Å². The van der Waals surface area contributed by atoms with Crippen LogP contribution >= 0.6 is 22.6 Å². The summed E-state index contributed by atoms with van der Waals surface area (Å²) in [5.74, 6) is 0.605. The first-order valence-corrected chi connectivity index (χ1v) is 8.94. The van der Waals surface area contributed by atoms with Crippen LogP contribution in [0, 0.1) is 17.0 Å². The van der Waals surface area contributed by atoms with E-state index < -0.39 is 6.04 Å². The van der Waals surface area contributed by atoms with Crippen molar-refractivity contribution >= 4 is 28.4 Å². The molecule has 7 heteroatoms. The molecule has 122 valence electrons. The van der Waals surface area contributed by atoms with Crippen LogP contribution in [0.25, 0.3) is 0 Å². The Hall–Kier alpha value is 0.200. The smallest absolute Gasteiger partial charge is 0.150 e. The quantitative estimate of drug-likeness (QED) is 0.417. The molecule has 1 aliphatic carbocycles. The SMILES string of the molecule is CC1CCC(N)N(CC(=O)C2CCC(I)C(N([O-])O)C2)C1. The first kappa shape index (κ1) is 17.6. The molecule has 1 heterocycles. The highest BCUT2D eigenvalue weighted by atomic mass is 127. The minimum atomic E-state index is -0.470. The molecule has 0 aromatic carbocycles. The van der Waals surface area contributed by atoms with Gasteiger partial charge < -0.3 is 16.1 Å². The molecule has 0 bridgehead atoms. The Labute approximate surface area is 139 Å². The summed E-state index contributed by atoms with van der Waals surface area (Å²) in [6.45, 7) is 3.42. The van der Waals surface area contributed by atoms with E-state index in [4.69, 9.17) is 5.73 Å².